The van der Waals surface area contributed by atoms with Crippen LogP contribution in [-0.4, -0.2) is 30.4 Å². The first-order chi connectivity index (χ1) is 8.76. The summed E-state index contributed by atoms with van der Waals surface area (Å²) in [6.07, 6.45) is 2.45. The summed E-state index contributed by atoms with van der Waals surface area (Å²) in [7, 11) is 0. The molecule has 0 aromatic heterocycles. The average Bonchev–Trinajstić information content (AvgIpc) is 2.46. The van der Waals surface area contributed by atoms with Gasteiger partial charge < -0.3 is 10.2 Å². The molecule has 96 valence electrons. The number of carbonyl (C=O) groups is 1. The molecule has 1 N–H and O–H groups in total. The number of piperazine rings is 1. The van der Waals surface area contributed by atoms with Gasteiger partial charge in [-0.05, 0) is 11.1 Å². The van der Waals surface area contributed by atoms with E-state index in [1.54, 1.807) is 0 Å². The molecule has 0 aliphatic carbocycles. The van der Waals surface area contributed by atoms with Gasteiger partial charge >= 0.3 is 0 Å². The summed E-state index contributed by atoms with van der Waals surface area (Å²) in [5, 5.41) is 3.48. The van der Waals surface area contributed by atoms with Crippen molar-refractivity contribution in [1.82, 2.24) is 10.2 Å². The quantitative estimate of drug-likeness (QED) is 0.884. The van der Waals surface area contributed by atoms with Crippen LogP contribution in [0.4, 0.5) is 0 Å². The molecule has 1 aliphatic heterocycles. The number of nitrogens with zero attached hydrogens (tertiary/aromatic N) is 1. The summed E-state index contributed by atoms with van der Waals surface area (Å²) in [6.45, 7) is 8.16. The summed E-state index contributed by atoms with van der Waals surface area (Å²) in [4.78, 5) is 13.7. The number of nitrogens with one attached hydrogen (secondary N) is 1. The minimum Gasteiger partial charge on any atom is -0.340 e. The third-order valence-electron chi connectivity index (χ3n) is 3.42. The number of hydrogen-bond donors (Lipinski definition) is 1. The number of hydrogen-bond acceptors (Lipinski definition) is 2. The fourth-order valence-corrected chi connectivity index (χ4v) is 2.42. The molecule has 1 aromatic rings. The predicted molar refractivity (Wildman–Crippen MR) is 74.1 cm³/mol. The lowest BCUT2D eigenvalue weighted by molar-refractivity contribution is -0.132. The van der Waals surface area contributed by atoms with Crippen molar-refractivity contribution in [2.75, 3.05) is 19.6 Å². The van der Waals surface area contributed by atoms with Crippen LogP contribution >= 0.6 is 0 Å². The summed E-state index contributed by atoms with van der Waals surface area (Å²) in [6, 6.07) is 8.42. The van der Waals surface area contributed by atoms with Crippen molar-refractivity contribution in [3.05, 3.63) is 42.0 Å². The van der Waals surface area contributed by atoms with E-state index in [1.807, 2.05) is 30.0 Å². The molecule has 1 amide bonds. The maximum absolute atomic E-state index is 11.8. The second-order valence-electron chi connectivity index (χ2n) is 4.53. The molecular formula is C15H20N2O. The molecule has 1 aliphatic rings. The zero-order chi connectivity index (χ0) is 13.0. The first-order valence-electron chi connectivity index (χ1n) is 6.48. The predicted octanol–water partition coefficient (Wildman–Crippen LogP) is 2.21. The van der Waals surface area contributed by atoms with Crippen LogP contribution in [0, 0.1) is 0 Å². The monoisotopic (exact) mass is 244 g/mol. The van der Waals surface area contributed by atoms with Gasteiger partial charge in [0.15, 0.2) is 0 Å². The van der Waals surface area contributed by atoms with E-state index in [0.29, 0.717) is 6.42 Å². The van der Waals surface area contributed by atoms with Gasteiger partial charge in [-0.15, -0.1) is 0 Å². The van der Waals surface area contributed by atoms with E-state index in [9.17, 15) is 4.79 Å². The molecule has 18 heavy (non-hydrogen) atoms. The second-order valence-corrected chi connectivity index (χ2v) is 4.53. The van der Waals surface area contributed by atoms with Crippen LogP contribution in [0.5, 0.6) is 0 Å². The van der Waals surface area contributed by atoms with Crippen molar-refractivity contribution in [1.29, 1.82) is 0 Å². The maximum atomic E-state index is 11.8. The molecule has 1 atom stereocenters. The van der Waals surface area contributed by atoms with E-state index in [4.69, 9.17) is 0 Å². The van der Waals surface area contributed by atoms with E-state index in [-0.39, 0.29) is 11.9 Å². The molecule has 2 rings (SSSR count). The zero-order valence-corrected chi connectivity index (χ0v) is 10.9. The molecule has 3 heteroatoms. The number of amides is 1. The van der Waals surface area contributed by atoms with Gasteiger partial charge in [-0.25, -0.2) is 0 Å². The third-order valence-corrected chi connectivity index (χ3v) is 3.42. The van der Waals surface area contributed by atoms with E-state index >= 15 is 0 Å². The molecular weight excluding hydrogens is 224 g/mol. The standard InChI is InChI=1S/C15H20N2O/c1-3-12-7-5-6-8-13(12)14-11-17(10-9-16-14)15(18)4-2/h3,5-8,14,16H,1,4,9-11H2,2H3. The van der Waals surface area contributed by atoms with E-state index in [0.717, 1.165) is 25.2 Å². The topological polar surface area (TPSA) is 32.3 Å². The SMILES string of the molecule is C=Cc1ccccc1C1CN(C(=O)CC)CCN1. The van der Waals surface area contributed by atoms with Crippen LogP contribution in [0.1, 0.15) is 30.5 Å². The van der Waals surface area contributed by atoms with E-state index < -0.39 is 0 Å². The van der Waals surface area contributed by atoms with Gasteiger partial charge in [0.1, 0.15) is 0 Å². The average molecular weight is 244 g/mol. The molecule has 0 bridgehead atoms. The van der Waals surface area contributed by atoms with Gasteiger partial charge in [0.25, 0.3) is 0 Å². The molecule has 1 fully saturated rings. The Morgan fingerprint density at radius 1 is 1.56 bits per heavy atom. The van der Waals surface area contributed by atoms with Crippen LogP contribution in [0.25, 0.3) is 6.08 Å². The fraction of sp³-hybridized carbons (Fsp3) is 0.400. The van der Waals surface area contributed by atoms with Gasteiger partial charge in [0, 0.05) is 26.1 Å². The van der Waals surface area contributed by atoms with Crippen molar-refractivity contribution in [3.63, 3.8) is 0 Å². The largest absolute Gasteiger partial charge is 0.340 e. The molecule has 1 heterocycles. The molecule has 0 spiro atoms. The van der Waals surface area contributed by atoms with Crippen LogP contribution < -0.4 is 5.32 Å². The molecule has 1 saturated heterocycles. The summed E-state index contributed by atoms with van der Waals surface area (Å²) in [5.74, 6) is 0.234. The lowest BCUT2D eigenvalue weighted by Gasteiger charge is -2.34. The first-order valence-corrected chi connectivity index (χ1v) is 6.48. The Kier molecular flexibility index (Phi) is 4.15. The van der Waals surface area contributed by atoms with Gasteiger partial charge in [0.05, 0.1) is 6.04 Å². The Morgan fingerprint density at radius 2 is 2.33 bits per heavy atom. The Hall–Kier alpha value is -1.61. The zero-order valence-electron chi connectivity index (χ0n) is 10.9. The molecule has 3 nitrogen and oxygen atoms in total. The fourth-order valence-electron chi connectivity index (χ4n) is 2.42. The highest BCUT2D eigenvalue weighted by Crippen LogP contribution is 2.22. The summed E-state index contributed by atoms with van der Waals surface area (Å²) in [5.41, 5.74) is 2.36. The molecule has 1 unspecified atom stereocenters. The number of carbonyl (C=O) groups excluding carboxylic acids is 1. The van der Waals surface area contributed by atoms with Gasteiger partial charge in [-0.1, -0.05) is 43.8 Å². The lowest BCUT2D eigenvalue weighted by atomic mass is 9.98. The highest BCUT2D eigenvalue weighted by Gasteiger charge is 2.24. The van der Waals surface area contributed by atoms with Gasteiger partial charge in [-0.2, -0.15) is 0 Å². The minimum atomic E-state index is 0.212. The number of rotatable bonds is 3. The van der Waals surface area contributed by atoms with Gasteiger partial charge in [-0.3, -0.25) is 4.79 Å². The molecule has 0 saturated carbocycles. The molecule has 1 aromatic carbocycles. The van der Waals surface area contributed by atoms with Crippen LogP contribution in [-0.2, 0) is 4.79 Å². The maximum Gasteiger partial charge on any atom is 0.222 e. The Morgan fingerprint density at radius 3 is 3.06 bits per heavy atom. The summed E-state index contributed by atoms with van der Waals surface area (Å²) >= 11 is 0. The Labute approximate surface area is 108 Å². The van der Waals surface area contributed by atoms with Crippen LogP contribution in [0.15, 0.2) is 30.8 Å². The van der Waals surface area contributed by atoms with Crippen molar-refractivity contribution in [2.24, 2.45) is 0 Å². The lowest BCUT2D eigenvalue weighted by Crippen LogP contribution is -2.48. The van der Waals surface area contributed by atoms with Crippen LogP contribution in [0.2, 0.25) is 0 Å². The highest BCUT2D eigenvalue weighted by molar-refractivity contribution is 5.76. The summed E-state index contributed by atoms with van der Waals surface area (Å²) < 4.78 is 0. The Bertz CT molecular complexity index is 442. The smallest absolute Gasteiger partial charge is 0.222 e. The number of benzene rings is 1. The van der Waals surface area contributed by atoms with E-state index in [1.165, 1.54) is 5.56 Å². The third kappa shape index (κ3) is 2.62. The minimum absolute atomic E-state index is 0.212. The second kappa shape index (κ2) is 5.83. The van der Waals surface area contributed by atoms with Gasteiger partial charge in [0.2, 0.25) is 5.91 Å². The van der Waals surface area contributed by atoms with Crippen molar-refractivity contribution < 1.29 is 4.79 Å². The van der Waals surface area contributed by atoms with Crippen molar-refractivity contribution in [3.8, 4) is 0 Å². The normalized spacial score (nSPS) is 19.6. The van der Waals surface area contributed by atoms with Crippen molar-refractivity contribution >= 4 is 12.0 Å². The van der Waals surface area contributed by atoms with Crippen LogP contribution in [0.3, 0.4) is 0 Å². The molecule has 0 radical (unpaired) electrons. The first kappa shape index (κ1) is 12.8. The van der Waals surface area contributed by atoms with Crippen molar-refractivity contribution in [2.45, 2.75) is 19.4 Å². The highest BCUT2D eigenvalue weighted by atomic mass is 16.2. The van der Waals surface area contributed by atoms with E-state index in [2.05, 4.69) is 24.0 Å². The Balaban J connectivity index is 2.18.